The van der Waals surface area contributed by atoms with Crippen LogP contribution in [0.15, 0.2) is 65.8 Å². The minimum atomic E-state index is -1.93. The van der Waals surface area contributed by atoms with Gasteiger partial charge in [-0.15, -0.1) is 11.8 Å². The number of halogens is 1. The van der Waals surface area contributed by atoms with Gasteiger partial charge in [0.2, 0.25) is 0 Å². The highest BCUT2D eigenvalue weighted by atomic mass is 35.5. The Kier molecular flexibility index (Phi) is 14.1. The Bertz CT molecular complexity index is 1650. The lowest BCUT2D eigenvalue weighted by Gasteiger charge is -2.33. The smallest absolute Gasteiger partial charge is 0.254 e. The summed E-state index contributed by atoms with van der Waals surface area (Å²) in [7, 11) is 0. The summed E-state index contributed by atoms with van der Waals surface area (Å²) in [5.74, 6) is 1.25. The molecule has 4 atom stereocenters. The van der Waals surface area contributed by atoms with E-state index in [-0.39, 0.29) is 11.3 Å². The maximum atomic E-state index is 13.3. The third-order valence-corrected chi connectivity index (χ3v) is 12.3. The number of para-hydroxylation sites is 1. The van der Waals surface area contributed by atoms with Gasteiger partial charge in [-0.05, 0) is 128 Å². The zero-order valence-corrected chi connectivity index (χ0v) is 31.8. The second-order valence-electron chi connectivity index (χ2n) is 14.8. The quantitative estimate of drug-likeness (QED) is 0.0769. The Labute approximate surface area is 321 Å². The number of rotatable bonds is 20. The highest BCUT2D eigenvalue weighted by Crippen LogP contribution is 2.55. The lowest BCUT2D eigenvalue weighted by Crippen LogP contribution is -2.53. The van der Waals surface area contributed by atoms with E-state index >= 15 is 0 Å². The Hall–Kier alpha value is -2.74. The number of ether oxygens (including phenoxy) is 2. The first-order valence-electron chi connectivity index (χ1n) is 19.0. The molecular formula is C41H53ClN2O8S. The van der Waals surface area contributed by atoms with Crippen molar-refractivity contribution in [1.82, 2.24) is 9.88 Å². The third kappa shape index (κ3) is 10.5. The van der Waals surface area contributed by atoms with E-state index < -0.39 is 36.9 Å². The van der Waals surface area contributed by atoms with Crippen molar-refractivity contribution in [3.8, 4) is 16.9 Å². The summed E-state index contributed by atoms with van der Waals surface area (Å²) in [5, 5.41) is 50.7. The minimum absolute atomic E-state index is 0.0526. The molecule has 0 bridgehead atoms. The van der Waals surface area contributed by atoms with E-state index in [4.69, 9.17) is 26.2 Å². The average molecular weight is 769 g/mol. The number of hydrogen-bond acceptors (Lipinski definition) is 10. The molecule has 1 saturated heterocycles. The summed E-state index contributed by atoms with van der Waals surface area (Å²) in [6.07, 6.45) is 6.16. The second kappa shape index (κ2) is 18.7. The van der Waals surface area contributed by atoms with Crippen molar-refractivity contribution < 1.29 is 39.8 Å². The molecule has 53 heavy (non-hydrogen) atoms. The Morgan fingerprint density at radius 3 is 2.51 bits per heavy atom. The second-order valence-corrected chi connectivity index (χ2v) is 16.4. The summed E-state index contributed by atoms with van der Waals surface area (Å²) in [4.78, 5) is 20.5. The molecule has 288 valence electrons. The van der Waals surface area contributed by atoms with E-state index in [0.717, 1.165) is 90.3 Å². The van der Waals surface area contributed by atoms with Gasteiger partial charge in [0, 0.05) is 54.2 Å². The lowest BCUT2D eigenvalue weighted by atomic mass is 9.85. The van der Waals surface area contributed by atoms with E-state index in [9.17, 15) is 25.2 Å². The van der Waals surface area contributed by atoms with Crippen molar-refractivity contribution in [3.63, 3.8) is 0 Å². The largest absolute Gasteiger partial charge is 0.490 e. The molecule has 12 heteroatoms. The van der Waals surface area contributed by atoms with Gasteiger partial charge < -0.3 is 39.9 Å². The van der Waals surface area contributed by atoms with Crippen molar-refractivity contribution in [2.75, 3.05) is 38.7 Å². The summed E-state index contributed by atoms with van der Waals surface area (Å²) >= 11 is 8.49. The number of aliphatic hydroxyl groups is 5. The number of hydrogen-bond donors (Lipinski definition) is 5. The molecule has 3 aromatic rings. The molecule has 6 rings (SSSR count). The number of amides is 1. The first kappa shape index (κ1) is 39.9. The molecule has 1 aliphatic heterocycles. The van der Waals surface area contributed by atoms with Crippen LogP contribution in [0.25, 0.3) is 11.1 Å². The zero-order chi connectivity index (χ0) is 37.4. The van der Waals surface area contributed by atoms with E-state index in [1.807, 2.05) is 30.6 Å². The predicted octanol–water partition coefficient (Wildman–Crippen LogP) is 5.17. The summed E-state index contributed by atoms with van der Waals surface area (Å²) in [6.45, 7) is 1.18. The van der Waals surface area contributed by atoms with E-state index in [1.54, 1.807) is 16.7 Å². The highest BCUT2D eigenvalue weighted by Gasteiger charge is 2.45. The monoisotopic (exact) mass is 768 g/mol. The van der Waals surface area contributed by atoms with Gasteiger partial charge in [0.1, 0.15) is 24.1 Å². The van der Waals surface area contributed by atoms with Crippen molar-refractivity contribution in [3.05, 3.63) is 77.1 Å². The van der Waals surface area contributed by atoms with Gasteiger partial charge in [0.15, 0.2) is 6.10 Å². The normalized spacial score (nSPS) is 19.3. The fourth-order valence-corrected chi connectivity index (χ4v) is 8.39. The molecule has 2 heterocycles. The lowest BCUT2D eigenvalue weighted by molar-refractivity contribution is -0.159. The molecule has 2 saturated carbocycles. The van der Waals surface area contributed by atoms with Gasteiger partial charge in [-0.2, -0.15) is 0 Å². The van der Waals surface area contributed by atoms with Gasteiger partial charge in [-0.25, -0.2) is 0 Å². The van der Waals surface area contributed by atoms with Gasteiger partial charge in [-0.1, -0.05) is 29.8 Å². The number of aromatic nitrogens is 1. The fraction of sp³-hybridized carbons (Fsp3) is 0.561. The summed E-state index contributed by atoms with van der Waals surface area (Å²) in [6, 6.07) is 16.7. The molecule has 2 aromatic carbocycles. The number of benzene rings is 2. The third-order valence-electron chi connectivity index (χ3n) is 10.9. The number of carbonyl (C=O) groups excluding carboxylic acids is 1. The molecule has 3 aliphatic rings. The van der Waals surface area contributed by atoms with E-state index in [1.165, 1.54) is 11.1 Å². The van der Waals surface area contributed by atoms with Gasteiger partial charge in [-0.3, -0.25) is 9.78 Å². The molecule has 10 nitrogen and oxygen atoms in total. The SMILES string of the molecule is O=C([C@@H](O)[C@@H](O)[C@H](O)[C@@H](O)CO)N(CCCCSc1ccc(Cl)c(CCC2(c3cnccc3-c3ccccc3OC3CC3)CC2)c1)CC1CCOCC1. The number of unbranched alkanes of at least 4 members (excludes halogenated alkanes) is 1. The summed E-state index contributed by atoms with van der Waals surface area (Å²) in [5.41, 5.74) is 4.78. The average Bonchev–Trinajstić information content (AvgIpc) is 4.14. The van der Waals surface area contributed by atoms with Crippen LogP contribution in [0, 0.1) is 5.92 Å². The van der Waals surface area contributed by atoms with Gasteiger partial charge in [0.25, 0.3) is 5.91 Å². The Balaban J connectivity index is 1.03. The molecule has 1 amide bonds. The fourth-order valence-electron chi connectivity index (χ4n) is 7.20. The van der Waals surface area contributed by atoms with Crippen molar-refractivity contribution in [2.24, 2.45) is 5.92 Å². The molecular weight excluding hydrogens is 716 g/mol. The van der Waals surface area contributed by atoms with Crippen LogP contribution in [-0.2, 0) is 21.4 Å². The van der Waals surface area contributed by atoms with Crippen molar-refractivity contribution in [1.29, 1.82) is 0 Å². The highest BCUT2D eigenvalue weighted by molar-refractivity contribution is 7.99. The van der Waals surface area contributed by atoms with E-state index in [0.29, 0.717) is 38.8 Å². The first-order valence-corrected chi connectivity index (χ1v) is 20.4. The number of pyridine rings is 1. The van der Waals surface area contributed by atoms with Crippen LogP contribution in [-0.4, -0.2) is 111 Å². The Morgan fingerprint density at radius 2 is 1.77 bits per heavy atom. The van der Waals surface area contributed by atoms with Crippen LogP contribution in [0.2, 0.25) is 5.02 Å². The molecule has 0 unspecified atom stereocenters. The van der Waals surface area contributed by atoms with Gasteiger partial charge >= 0.3 is 0 Å². The van der Waals surface area contributed by atoms with Crippen molar-refractivity contribution in [2.45, 2.75) is 105 Å². The van der Waals surface area contributed by atoms with E-state index in [2.05, 4.69) is 35.3 Å². The van der Waals surface area contributed by atoms with Crippen LogP contribution in [0.5, 0.6) is 5.75 Å². The zero-order valence-electron chi connectivity index (χ0n) is 30.2. The molecule has 3 fully saturated rings. The van der Waals surface area contributed by atoms with Crippen LogP contribution in [0.4, 0.5) is 0 Å². The Morgan fingerprint density at radius 1 is 1.00 bits per heavy atom. The minimum Gasteiger partial charge on any atom is -0.490 e. The maximum Gasteiger partial charge on any atom is 0.254 e. The standard InChI is InChI=1S/C41H53ClN2O8S/c42-34-10-9-30(53-22-4-3-19-44(25-27-13-20-51-21-14-27)40(50)39(49)38(48)37(47)35(46)26-45)23-28(34)11-15-41(16-17-41)33-24-43-18-12-31(33)32-5-1-2-6-36(32)52-29-7-8-29/h1-2,5-6,9-10,12,18,23-24,27,29,35,37-39,45-49H,3-4,7-8,11,13-17,19-22,25-26H2/t35-,37+,38-,39-/m0/s1. The van der Waals surface area contributed by atoms with Crippen LogP contribution < -0.4 is 4.74 Å². The van der Waals surface area contributed by atoms with Crippen LogP contribution in [0.1, 0.15) is 68.9 Å². The molecule has 0 radical (unpaired) electrons. The maximum absolute atomic E-state index is 13.3. The van der Waals surface area contributed by atoms with Crippen LogP contribution >= 0.6 is 23.4 Å². The van der Waals surface area contributed by atoms with Gasteiger partial charge in [0.05, 0.1) is 12.7 Å². The molecule has 2 aliphatic carbocycles. The molecule has 5 N–H and O–H groups in total. The number of carbonyl (C=O) groups is 1. The summed E-state index contributed by atoms with van der Waals surface area (Å²) < 4.78 is 11.8. The number of aryl methyl sites for hydroxylation is 1. The first-order chi connectivity index (χ1) is 25.7. The predicted molar refractivity (Wildman–Crippen MR) is 205 cm³/mol. The number of nitrogens with zero attached hydrogens (tertiary/aromatic N) is 2. The molecule has 1 aromatic heterocycles. The number of thioether (sulfide) groups is 1. The van der Waals surface area contributed by atoms with Crippen LogP contribution in [0.3, 0.4) is 0 Å². The topological polar surface area (TPSA) is 153 Å². The molecule has 0 spiro atoms. The van der Waals surface area contributed by atoms with Crippen molar-refractivity contribution >= 4 is 29.3 Å². The number of aliphatic hydroxyl groups excluding tert-OH is 5.